The van der Waals surface area contributed by atoms with Gasteiger partial charge in [0.05, 0.1) is 0 Å². The van der Waals surface area contributed by atoms with Crippen molar-refractivity contribution in [2.75, 3.05) is 0 Å². The predicted octanol–water partition coefficient (Wildman–Crippen LogP) is 3.84. The number of hydrogen-bond acceptors (Lipinski definition) is 2. The number of fused-ring (bicyclic) bond motifs is 2. The van der Waals surface area contributed by atoms with E-state index in [4.69, 9.17) is 0 Å². The van der Waals surface area contributed by atoms with Crippen molar-refractivity contribution in [3.8, 4) is 0 Å². The van der Waals surface area contributed by atoms with Gasteiger partial charge in [0.15, 0.2) is 5.43 Å². The summed E-state index contributed by atoms with van der Waals surface area (Å²) < 4.78 is 2.12. The molecule has 1 aromatic heterocycles. The number of rotatable bonds is 0. The highest BCUT2D eigenvalue weighted by molar-refractivity contribution is 7.59. The zero-order valence-electron chi connectivity index (χ0n) is 9.36. The highest BCUT2D eigenvalue weighted by atomic mass is 32.1. The van der Waals surface area contributed by atoms with Crippen LogP contribution in [-0.4, -0.2) is 0 Å². The second-order valence-electron chi connectivity index (χ2n) is 3.93. The molecule has 0 bridgehead atoms. The van der Waals surface area contributed by atoms with Crippen LogP contribution in [0, 0.1) is 6.92 Å². The van der Waals surface area contributed by atoms with Crippen molar-refractivity contribution in [1.82, 2.24) is 0 Å². The molecule has 0 aliphatic carbocycles. The Bertz CT molecular complexity index is 744. The van der Waals surface area contributed by atoms with Crippen LogP contribution < -0.4 is 5.43 Å². The Morgan fingerprint density at radius 3 is 2.47 bits per heavy atom. The van der Waals surface area contributed by atoms with Crippen LogP contribution in [0.2, 0.25) is 0 Å². The van der Waals surface area contributed by atoms with Gasteiger partial charge in [-0.15, -0.1) is 11.3 Å². The molecule has 3 rings (SSSR count). The molecule has 0 atom stereocenters. The fourth-order valence-corrected chi connectivity index (χ4v) is 2.97. The molecule has 0 amide bonds. The van der Waals surface area contributed by atoms with E-state index in [1.165, 1.54) is 0 Å². The van der Waals surface area contributed by atoms with Crippen molar-refractivity contribution in [3.63, 3.8) is 0 Å². The van der Waals surface area contributed by atoms with Crippen molar-refractivity contribution in [3.05, 3.63) is 58.3 Å². The lowest BCUT2D eigenvalue weighted by molar-refractivity contribution is 1.51. The Balaban J connectivity index is 0.00000108. The maximum Gasteiger partial charge on any atom is 0.195 e. The van der Waals surface area contributed by atoms with Crippen LogP contribution in [0.4, 0.5) is 0 Å². The lowest BCUT2D eigenvalue weighted by atomic mass is 10.1. The third-order valence-electron chi connectivity index (χ3n) is 2.73. The Hall–Kier alpha value is -1.32. The van der Waals surface area contributed by atoms with E-state index in [2.05, 4.69) is 0 Å². The van der Waals surface area contributed by atoms with Crippen LogP contribution in [0.25, 0.3) is 20.2 Å². The molecule has 0 radical (unpaired) electrons. The summed E-state index contributed by atoms with van der Waals surface area (Å²) in [5.41, 5.74) is 1.28. The zero-order chi connectivity index (χ0) is 11.1. The standard InChI is InChI=1S/C14H10OS.H2S/c1-9-6-7-13-11(8-9)14(15)10-4-2-3-5-12(10)16-13;/h2-8H,1H3;1H2. The zero-order valence-corrected chi connectivity index (χ0v) is 11.2. The van der Waals surface area contributed by atoms with Crippen LogP contribution in [0.15, 0.2) is 47.3 Å². The van der Waals surface area contributed by atoms with Gasteiger partial charge in [0.25, 0.3) is 0 Å². The van der Waals surface area contributed by atoms with Gasteiger partial charge in [-0.05, 0) is 31.2 Å². The lowest BCUT2D eigenvalue weighted by Crippen LogP contribution is -2.00. The summed E-state index contributed by atoms with van der Waals surface area (Å²) in [5, 5.41) is 1.66. The molecule has 17 heavy (non-hydrogen) atoms. The van der Waals surface area contributed by atoms with E-state index in [0.717, 1.165) is 25.7 Å². The lowest BCUT2D eigenvalue weighted by Gasteiger charge is -2.01. The van der Waals surface area contributed by atoms with Crippen LogP contribution in [-0.2, 0) is 0 Å². The van der Waals surface area contributed by atoms with E-state index in [-0.39, 0.29) is 18.9 Å². The third kappa shape index (κ3) is 1.96. The SMILES string of the molecule is Cc1ccc2sc3ccccc3c(=O)c2c1.S. The number of hydrogen-bond donors (Lipinski definition) is 0. The molecule has 0 saturated carbocycles. The number of aryl methyl sites for hydroxylation is 1. The molecule has 3 aromatic rings. The second kappa shape index (κ2) is 4.51. The van der Waals surface area contributed by atoms with Gasteiger partial charge < -0.3 is 0 Å². The van der Waals surface area contributed by atoms with Gasteiger partial charge in [-0.25, -0.2) is 0 Å². The van der Waals surface area contributed by atoms with Crippen molar-refractivity contribution in [2.24, 2.45) is 0 Å². The Kier molecular flexibility index (Phi) is 3.22. The molecule has 0 unspecified atom stereocenters. The second-order valence-corrected chi connectivity index (χ2v) is 5.01. The van der Waals surface area contributed by atoms with Crippen molar-refractivity contribution in [1.29, 1.82) is 0 Å². The summed E-state index contributed by atoms with van der Waals surface area (Å²) in [5.74, 6) is 0. The average molecular weight is 260 g/mol. The fourth-order valence-electron chi connectivity index (χ4n) is 1.92. The quantitative estimate of drug-likeness (QED) is 0.561. The van der Waals surface area contributed by atoms with Crippen LogP contribution >= 0.6 is 24.8 Å². The summed E-state index contributed by atoms with van der Waals surface area (Å²) >= 11 is 1.67. The van der Waals surface area contributed by atoms with Gasteiger partial charge in [-0.3, -0.25) is 4.79 Å². The van der Waals surface area contributed by atoms with E-state index in [0.29, 0.717) is 0 Å². The molecule has 2 aromatic carbocycles. The first-order chi connectivity index (χ1) is 7.75. The van der Waals surface area contributed by atoms with Crippen molar-refractivity contribution >= 4 is 45.0 Å². The largest absolute Gasteiger partial charge is 0.289 e. The normalized spacial score (nSPS) is 10.4. The van der Waals surface area contributed by atoms with Gasteiger partial charge >= 0.3 is 0 Å². The Morgan fingerprint density at radius 2 is 1.65 bits per heavy atom. The van der Waals surface area contributed by atoms with Crippen LogP contribution in [0.1, 0.15) is 5.56 Å². The minimum absolute atomic E-state index is 0. The van der Waals surface area contributed by atoms with E-state index >= 15 is 0 Å². The smallest absolute Gasteiger partial charge is 0.195 e. The molecule has 1 nitrogen and oxygen atoms in total. The topological polar surface area (TPSA) is 17.1 Å². The van der Waals surface area contributed by atoms with E-state index < -0.39 is 0 Å². The molecule has 0 fully saturated rings. The molecule has 0 saturated heterocycles. The Morgan fingerprint density at radius 1 is 0.941 bits per heavy atom. The molecule has 0 N–H and O–H groups in total. The summed E-state index contributed by atoms with van der Waals surface area (Å²) in [7, 11) is 0. The molecule has 0 aliphatic heterocycles. The first kappa shape index (κ1) is 12.1. The summed E-state index contributed by atoms with van der Waals surface area (Å²) in [4.78, 5) is 12.2. The maximum atomic E-state index is 12.2. The van der Waals surface area contributed by atoms with Gasteiger partial charge in [0, 0.05) is 20.2 Å². The van der Waals surface area contributed by atoms with Gasteiger partial charge in [-0.1, -0.05) is 23.8 Å². The molecule has 1 heterocycles. The predicted molar refractivity (Wildman–Crippen MR) is 80.7 cm³/mol. The molecule has 0 aliphatic rings. The maximum absolute atomic E-state index is 12.2. The van der Waals surface area contributed by atoms with E-state index in [9.17, 15) is 4.79 Å². The minimum atomic E-state index is 0. The van der Waals surface area contributed by atoms with Gasteiger partial charge in [-0.2, -0.15) is 13.5 Å². The highest BCUT2D eigenvalue weighted by Crippen LogP contribution is 2.24. The molecular weight excluding hydrogens is 248 g/mol. The van der Waals surface area contributed by atoms with E-state index in [1.807, 2.05) is 49.4 Å². The van der Waals surface area contributed by atoms with Crippen molar-refractivity contribution in [2.45, 2.75) is 6.92 Å². The summed E-state index contributed by atoms with van der Waals surface area (Å²) in [6.45, 7) is 2.01. The first-order valence-electron chi connectivity index (χ1n) is 5.18. The molecule has 3 heteroatoms. The van der Waals surface area contributed by atoms with Crippen LogP contribution in [0.5, 0.6) is 0 Å². The average Bonchev–Trinajstić information content (AvgIpc) is 2.31. The molecule has 86 valence electrons. The highest BCUT2D eigenvalue weighted by Gasteiger charge is 2.04. The first-order valence-corrected chi connectivity index (χ1v) is 5.99. The molecule has 0 spiro atoms. The summed E-state index contributed by atoms with van der Waals surface area (Å²) in [6, 6.07) is 13.8. The third-order valence-corrected chi connectivity index (χ3v) is 3.88. The minimum Gasteiger partial charge on any atom is -0.289 e. The summed E-state index contributed by atoms with van der Waals surface area (Å²) in [6.07, 6.45) is 0. The number of benzene rings is 2. The molecular formula is C14H12OS2. The van der Waals surface area contributed by atoms with Gasteiger partial charge in [0.2, 0.25) is 0 Å². The van der Waals surface area contributed by atoms with E-state index in [1.54, 1.807) is 11.3 Å². The van der Waals surface area contributed by atoms with Crippen molar-refractivity contribution < 1.29 is 0 Å². The Labute approximate surface area is 110 Å². The fraction of sp³-hybridized carbons (Fsp3) is 0.0714. The van der Waals surface area contributed by atoms with Gasteiger partial charge in [0.1, 0.15) is 0 Å². The van der Waals surface area contributed by atoms with Crippen LogP contribution in [0.3, 0.4) is 0 Å². The monoisotopic (exact) mass is 260 g/mol.